The van der Waals surface area contributed by atoms with E-state index in [1.54, 1.807) is 12.1 Å². The summed E-state index contributed by atoms with van der Waals surface area (Å²) in [5.41, 5.74) is 0.950. The highest BCUT2D eigenvalue weighted by Crippen LogP contribution is 2.32. The number of carbonyl (C=O) groups excluding carboxylic acids is 1. The third kappa shape index (κ3) is 4.20. The van der Waals surface area contributed by atoms with E-state index in [0.29, 0.717) is 23.8 Å². The first-order valence-corrected chi connectivity index (χ1v) is 8.77. The van der Waals surface area contributed by atoms with Gasteiger partial charge in [-0.25, -0.2) is 0 Å². The molecule has 1 heterocycles. The minimum absolute atomic E-state index is 0.00307. The number of rotatable bonds is 6. The summed E-state index contributed by atoms with van der Waals surface area (Å²) in [5.74, 6) is 1.13. The Morgan fingerprint density at radius 3 is 2.50 bits per heavy atom. The molecule has 0 amide bonds. The number of nitrogens with zero attached hydrogens (tertiary/aromatic N) is 2. The Labute approximate surface area is 152 Å². The van der Waals surface area contributed by atoms with Gasteiger partial charge in [-0.05, 0) is 49.9 Å². The lowest BCUT2D eigenvalue weighted by atomic mass is 9.97. The number of nitro benzene ring substituents is 1. The number of anilines is 1. The van der Waals surface area contributed by atoms with Gasteiger partial charge in [-0.3, -0.25) is 14.9 Å². The molecule has 0 aromatic heterocycles. The Morgan fingerprint density at radius 1 is 1.19 bits per heavy atom. The molecule has 1 aliphatic heterocycles. The molecule has 0 bridgehead atoms. The van der Waals surface area contributed by atoms with Crippen LogP contribution in [0.4, 0.5) is 11.4 Å². The van der Waals surface area contributed by atoms with Crippen LogP contribution in [0, 0.1) is 16.0 Å². The number of benzene rings is 2. The fourth-order valence-electron chi connectivity index (χ4n) is 3.23. The molecule has 1 fully saturated rings. The molecule has 0 saturated carbocycles. The monoisotopic (exact) mass is 354 g/mol. The fourth-order valence-corrected chi connectivity index (χ4v) is 3.23. The number of hydrogen-bond acceptors (Lipinski definition) is 5. The molecule has 1 aliphatic rings. The average Bonchev–Trinajstić information content (AvgIpc) is 2.67. The second kappa shape index (κ2) is 7.99. The van der Waals surface area contributed by atoms with Crippen LogP contribution in [-0.2, 0) is 0 Å². The number of ketones is 1. The van der Waals surface area contributed by atoms with E-state index in [1.165, 1.54) is 13.0 Å². The standard InChI is InChI=1S/C20H22N2O4/c1-15(23)17-7-8-19(20(13-17)22(24)25)21-11-9-16(10-12-21)14-26-18-5-3-2-4-6-18/h2-8,13,16H,9-12,14H2,1H3. The van der Waals surface area contributed by atoms with Gasteiger partial charge in [0.25, 0.3) is 5.69 Å². The summed E-state index contributed by atoms with van der Waals surface area (Å²) >= 11 is 0. The molecule has 6 heteroatoms. The zero-order chi connectivity index (χ0) is 18.5. The Balaban J connectivity index is 1.62. The molecule has 6 nitrogen and oxygen atoms in total. The number of para-hydroxylation sites is 1. The number of nitro groups is 1. The molecule has 0 N–H and O–H groups in total. The van der Waals surface area contributed by atoms with Gasteiger partial charge in [0.2, 0.25) is 0 Å². The van der Waals surface area contributed by atoms with Gasteiger partial charge in [-0.2, -0.15) is 0 Å². The van der Waals surface area contributed by atoms with Gasteiger partial charge in [0.1, 0.15) is 11.4 Å². The smallest absolute Gasteiger partial charge is 0.293 e. The Hall–Kier alpha value is -2.89. The van der Waals surface area contributed by atoms with Gasteiger partial charge >= 0.3 is 0 Å². The van der Waals surface area contributed by atoms with Crippen molar-refractivity contribution in [3.05, 3.63) is 64.2 Å². The van der Waals surface area contributed by atoms with Gasteiger partial charge in [-0.1, -0.05) is 18.2 Å². The lowest BCUT2D eigenvalue weighted by Crippen LogP contribution is -2.35. The molecule has 3 rings (SSSR count). The number of ether oxygens (including phenoxy) is 1. The van der Waals surface area contributed by atoms with Crippen LogP contribution in [0.5, 0.6) is 5.75 Å². The highest BCUT2D eigenvalue weighted by atomic mass is 16.6. The molecule has 0 aliphatic carbocycles. The van der Waals surface area contributed by atoms with Crippen molar-refractivity contribution in [3.8, 4) is 5.75 Å². The van der Waals surface area contributed by atoms with Crippen LogP contribution in [0.1, 0.15) is 30.1 Å². The molecular formula is C20H22N2O4. The summed E-state index contributed by atoms with van der Waals surface area (Å²) in [6.45, 7) is 3.55. The first-order valence-electron chi connectivity index (χ1n) is 8.77. The Morgan fingerprint density at radius 2 is 1.88 bits per heavy atom. The van der Waals surface area contributed by atoms with E-state index < -0.39 is 4.92 Å². The van der Waals surface area contributed by atoms with Crippen molar-refractivity contribution in [3.63, 3.8) is 0 Å². The zero-order valence-corrected chi connectivity index (χ0v) is 14.8. The quantitative estimate of drug-likeness (QED) is 0.444. The maximum atomic E-state index is 11.5. The van der Waals surface area contributed by atoms with E-state index in [0.717, 1.165) is 31.7 Å². The number of hydrogen-bond donors (Lipinski definition) is 0. The van der Waals surface area contributed by atoms with Crippen molar-refractivity contribution in [2.45, 2.75) is 19.8 Å². The van der Waals surface area contributed by atoms with Crippen LogP contribution in [0.2, 0.25) is 0 Å². The van der Waals surface area contributed by atoms with Gasteiger partial charge in [0, 0.05) is 24.7 Å². The second-order valence-corrected chi connectivity index (χ2v) is 6.57. The van der Waals surface area contributed by atoms with Crippen molar-refractivity contribution in [2.75, 3.05) is 24.6 Å². The number of piperidine rings is 1. The van der Waals surface area contributed by atoms with Crippen LogP contribution in [0.3, 0.4) is 0 Å². The van der Waals surface area contributed by atoms with Crippen LogP contribution in [-0.4, -0.2) is 30.4 Å². The molecule has 136 valence electrons. The second-order valence-electron chi connectivity index (χ2n) is 6.57. The fraction of sp³-hybridized carbons (Fsp3) is 0.350. The van der Waals surface area contributed by atoms with Crippen LogP contribution < -0.4 is 9.64 Å². The minimum Gasteiger partial charge on any atom is -0.493 e. The van der Waals surface area contributed by atoms with Crippen LogP contribution >= 0.6 is 0 Å². The van der Waals surface area contributed by atoms with Crippen LogP contribution in [0.25, 0.3) is 0 Å². The first kappa shape index (κ1) is 17.9. The Kier molecular flexibility index (Phi) is 5.51. The molecule has 1 saturated heterocycles. The molecule has 2 aromatic rings. The Bertz CT molecular complexity index is 784. The summed E-state index contributed by atoms with van der Waals surface area (Å²) in [6.07, 6.45) is 1.83. The topological polar surface area (TPSA) is 72.7 Å². The molecule has 0 radical (unpaired) electrons. The van der Waals surface area contributed by atoms with Crippen LogP contribution in [0.15, 0.2) is 48.5 Å². The van der Waals surface area contributed by atoms with E-state index in [9.17, 15) is 14.9 Å². The average molecular weight is 354 g/mol. The van der Waals surface area contributed by atoms with E-state index >= 15 is 0 Å². The van der Waals surface area contributed by atoms with Crippen molar-refractivity contribution in [1.82, 2.24) is 0 Å². The van der Waals surface area contributed by atoms with Gasteiger partial charge in [0.05, 0.1) is 11.5 Å². The van der Waals surface area contributed by atoms with Crippen molar-refractivity contribution in [2.24, 2.45) is 5.92 Å². The number of Topliss-reactive ketones (excluding diaryl/α,β-unsaturated/α-hetero) is 1. The first-order chi connectivity index (χ1) is 12.5. The molecule has 2 aromatic carbocycles. The van der Waals surface area contributed by atoms with Gasteiger partial charge in [0.15, 0.2) is 5.78 Å². The zero-order valence-electron chi connectivity index (χ0n) is 14.8. The summed E-state index contributed by atoms with van der Waals surface area (Å²) < 4.78 is 5.83. The van der Waals surface area contributed by atoms with E-state index in [-0.39, 0.29) is 11.5 Å². The largest absolute Gasteiger partial charge is 0.493 e. The van der Waals surface area contributed by atoms with E-state index in [4.69, 9.17) is 4.74 Å². The SMILES string of the molecule is CC(=O)c1ccc(N2CCC(COc3ccccc3)CC2)c([N+](=O)[O-])c1. The lowest BCUT2D eigenvalue weighted by Gasteiger charge is -2.33. The molecule has 0 atom stereocenters. The van der Waals surface area contributed by atoms with E-state index in [2.05, 4.69) is 0 Å². The third-order valence-corrected chi connectivity index (χ3v) is 4.76. The highest BCUT2D eigenvalue weighted by Gasteiger charge is 2.26. The normalized spacial score (nSPS) is 14.9. The van der Waals surface area contributed by atoms with Gasteiger partial charge in [-0.15, -0.1) is 0 Å². The molecule has 0 spiro atoms. The third-order valence-electron chi connectivity index (χ3n) is 4.76. The highest BCUT2D eigenvalue weighted by molar-refractivity contribution is 5.95. The maximum Gasteiger partial charge on any atom is 0.293 e. The summed E-state index contributed by atoms with van der Waals surface area (Å²) in [4.78, 5) is 24.5. The summed E-state index contributed by atoms with van der Waals surface area (Å²) in [7, 11) is 0. The predicted octanol–water partition coefficient (Wildman–Crippen LogP) is 4.09. The van der Waals surface area contributed by atoms with Crippen molar-refractivity contribution >= 4 is 17.2 Å². The maximum absolute atomic E-state index is 11.5. The predicted molar refractivity (Wildman–Crippen MR) is 100.0 cm³/mol. The van der Waals surface area contributed by atoms with Crippen molar-refractivity contribution < 1.29 is 14.5 Å². The van der Waals surface area contributed by atoms with Crippen molar-refractivity contribution in [1.29, 1.82) is 0 Å². The molecule has 26 heavy (non-hydrogen) atoms. The molecular weight excluding hydrogens is 332 g/mol. The van der Waals surface area contributed by atoms with Gasteiger partial charge < -0.3 is 9.64 Å². The summed E-state index contributed by atoms with van der Waals surface area (Å²) in [6, 6.07) is 14.5. The van der Waals surface area contributed by atoms with E-state index in [1.807, 2.05) is 35.2 Å². The minimum atomic E-state index is -0.410. The number of carbonyl (C=O) groups is 1. The molecule has 0 unspecified atom stereocenters. The lowest BCUT2D eigenvalue weighted by molar-refractivity contribution is -0.384. The summed E-state index contributed by atoms with van der Waals surface area (Å²) in [5, 5.41) is 11.4.